The Labute approximate surface area is 85.3 Å². The molecule has 0 spiro atoms. The first-order valence-corrected chi connectivity index (χ1v) is 5.87. The van der Waals surface area contributed by atoms with E-state index in [1.54, 1.807) is 0 Å². The molecule has 1 atom stereocenters. The first-order chi connectivity index (χ1) is 5.58. The predicted octanol–water partition coefficient (Wildman–Crippen LogP) is 0.828. The summed E-state index contributed by atoms with van der Waals surface area (Å²) in [5, 5.41) is 3.27. The summed E-state index contributed by atoms with van der Waals surface area (Å²) in [5.74, 6) is -0.106. The van der Waals surface area contributed by atoms with E-state index in [1.165, 1.54) is 6.42 Å². The number of rotatable bonds is 4. The summed E-state index contributed by atoms with van der Waals surface area (Å²) in [6.07, 6.45) is 3.71. The molecule has 2 N–H and O–H groups in total. The van der Waals surface area contributed by atoms with Crippen LogP contribution in [0.4, 0.5) is 0 Å². The Kier molecular flexibility index (Phi) is 5.87. The summed E-state index contributed by atoms with van der Waals surface area (Å²) < 4.78 is 29.1. The highest BCUT2D eigenvalue weighted by Crippen LogP contribution is 2.10. The second kappa shape index (κ2) is 5.80. The van der Waals surface area contributed by atoms with Crippen molar-refractivity contribution in [2.45, 2.75) is 31.7 Å². The van der Waals surface area contributed by atoms with Crippen LogP contribution in [-0.2, 0) is 10.1 Å². The average Bonchev–Trinajstić information content (AvgIpc) is 2.36. The molecule has 0 aromatic carbocycles. The van der Waals surface area contributed by atoms with Gasteiger partial charge in [-0.2, -0.15) is 8.42 Å². The zero-order chi connectivity index (χ0) is 9.03. The molecule has 0 aromatic heterocycles. The average molecular weight is 230 g/mol. The smallest absolute Gasteiger partial charge is 0.264 e. The molecule has 1 aliphatic heterocycles. The lowest BCUT2D eigenvalue weighted by molar-refractivity contribution is 0.474. The third-order valence-corrected chi connectivity index (χ3v) is 2.92. The SMILES string of the molecule is Cl.O=S(=O)(O)CCC[C@H]1CCCN1. The highest BCUT2D eigenvalue weighted by Gasteiger charge is 2.14. The maximum Gasteiger partial charge on any atom is 0.264 e. The van der Waals surface area contributed by atoms with Gasteiger partial charge in [0, 0.05) is 6.04 Å². The van der Waals surface area contributed by atoms with Crippen molar-refractivity contribution in [2.24, 2.45) is 0 Å². The topological polar surface area (TPSA) is 66.4 Å². The fourth-order valence-electron chi connectivity index (χ4n) is 1.52. The summed E-state index contributed by atoms with van der Waals surface area (Å²) in [6.45, 7) is 1.04. The Bertz CT molecular complexity index is 224. The standard InChI is InChI=1S/C7H15NO3S.ClH/c9-12(10,11)6-2-4-7-3-1-5-8-7;/h7-8H,1-6H2,(H,9,10,11);1H/t7-;/m1./s1. The van der Waals surface area contributed by atoms with Gasteiger partial charge in [-0.25, -0.2) is 0 Å². The monoisotopic (exact) mass is 229 g/mol. The molecule has 80 valence electrons. The summed E-state index contributed by atoms with van der Waals surface area (Å²) in [6, 6.07) is 0.465. The zero-order valence-electron chi connectivity index (χ0n) is 7.40. The molecule has 4 nitrogen and oxygen atoms in total. The normalized spacial score (nSPS) is 22.7. The highest BCUT2D eigenvalue weighted by molar-refractivity contribution is 7.85. The minimum atomic E-state index is -3.74. The number of hydrogen-bond donors (Lipinski definition) is 2. The summed E-state index contributed by atoms with van der Waals surface area (Å²) in [7, 11) is -3.74. The van der Waals surface area contributed by atoms with Crippen LogP contribution >= 0.6 is 12.4 Å². The van der Waals surface area contributed by atoms with Crippen LogP contribution in [0.2, 0.25) is 0 Å². The van der Waals surface area contributed by atoms with Gasteiger partial charge in [0.2, 0.25) is 0 Å². The minimum Gasteiger partial charge on any atom is -0.314 e. The third kappa shape index (κ3) is 6.26. The summed E-state index contributed by atoms with van der Waals surface area (Å²) >= 11 is 0. The fourth-order valence-corrected chi connectivity index (χ4v) is 2.05. The van der Waals surface area contributed by atoms with E-state index in [0.717, 1.165) is 19.4 Å². The molecule has 6 heteroatoms. The van der Waals surface area contributed by atoms with Gasteiger partial charge >= 0.3 is 0 Å². The van der Waals surface area contributed by atoms with Crippen LogP contribution in [0.15, 0.2) is 0 Å². The van der Waals surface area contributed by atoms with Gasteiger partial charge in [0.05, 0.1) is 5.75 Å². The zero-order valence-corrected chi connectivity index (χ0v) is 9.03. The molecule has 0 bridgehead atoms. The van der Waals surface area contributed by atoms with Gasteiger partial charge in [-0.05, 0) is 32.2 Å². The maximum absolute atomic E-state index is 10.3. The van der Waals surface area contributed by atoms with Crippen LogP contribution in [0.5, 0.6) is 0 Å². The van der Waals surface area contributed by atoms with Gasteiger partial charge in [0.15, 0.2) is 0 Å². The van der Waals surface area contributed by atoms with E-state index in [1.807, 2.05) is 0 Å². The van der Waals surface area contributed by atoms with Gasteiger partial charge in [-0.1, -0.05) is 0 Å². The van der Waals surface area contributed by atoms with Crippen molar-refractivity contribution < 1.29 is 13.0 Å². The lowest BCUT2D eigenvalue weighted by atomic mass is 10.1. The molecular formula is C7H16ClNO3S. The molecule has 0 aromatic rings. The quantitative estimate of drug-likeness (QED) is 0.701. The van der Waals surface area contributed by atoms with Crippen LogP contribution in [0.25, 0.3) is 0 Å². The van der Waals surface area contributed by atoms with Gasteiger partial charge in [-0.15, -0.1) is 12.4 Å². The first kappa shape index (κ1) is 13.2. The number of hydrogen-bond acceptors (Lipinski definition) is 3. The molecule has 0 saturated carbocycles. The highest BCUT2D eigenvalue weighted by atomic mass is 35.5. The Hall–Kier alpha value is 0.160. The second-order valence-electron chi connectivity index (χ2n) is 3.22. The largest absolute Gasteiger partial charge is 0.314 e. The molecule has 13 heavy (non-hydrogen) atoms. The van der Waals surface area contributed by atoms with E-state index in [9.17, 15) is 8.42 Å². The lowest BCUT2D eigenvalue weighted by Gasteiger charge is -2.07. The van der Waals surface area contributed by atoms with E-state index in [0.29, 0.717) is 12.5 Å². The van der Waals surface area contributed by atoms with Crippen LogP contribution in [0, 0.1) is 0 Å². The summed E-state index contributed by atoms with van der Waals surface area (Å²) in [4.78, 5) is 0. The summed E-state index contributed by atoms with van der Waals surface area (Å²) in [5.41, 5.74) is 0. The van der Waals surface area contributed by atoms with E-state index in [2.05, 4.69) is 5.32 Å². The fraction of sp³-hybridized carbons (Fsp3) is 1.00. The van der Waals surface area contributed by atoms with Gasteiger partial charge in [-0.3, -0.25) is 4.55 Å². The molecule has 1 saturated heterocycles. The molecule has 1 heterocycles. The molecule has 1 aliphatic rings. The molecular weight excluding hydrogens is 214 g/mol. The Morgan fingerprint density at radius 3 is 2.62 bits per heavy atom. The molecule has 1 fully saturated rings. The van der Waals surface area contributed by atoms with E-state index < -0.39 is 10.1 Å². The number of nitrogens with one attached hydrogen (secondary N) is 1. The Morgan fingerprint density at radius 2 is 2.15 bits per heavy atom. The molecule has 0 unspecified atom stereocenters. The first-order valence-electron chi connectivity index (χ1n) is 4.26. The van der Waals surface area contributed by atoms with Crippen molar-refractivity contribution in [3.63, 3.8) is 0 Å². The van der Waals surface area contributed by atoms with Gasteiger partial charge < -0.3 is 5.32 Å². The van der Waals surface area contributed by atoms with Gasteiger partial charge in [0.25, 0.3) is 10.1 Å². The van der Waals surface area contributed by atoms with Crippen molar-refractivity contribution in [3.05, 3.63) is 0 Å². The van der Waals surface area contributed by atoms with E-state index in [4.69, 9.17) is 4.55 Å². The van der Waals surface area contributed by atoms with Crippen LogP contribution < -0.4 is 5.32 Å². The third-order valence-electron chi connectivity index (χ3n) is 2.12. The van der Waals surface area contributed by atoms with Crippen LogP contribution in [-0.4, -0.2) is 31.3 Å². The van der Waals surface area contributed by atoms with Crippen molar-refractivity contribution >= 4 is 22.5 Å². The minimum absolute atomic E-state index is 0. The molecule has 0 amide bonds. The second-order valence-corrected chi connectivity index (χ2v) is 4.79. The van der Waals surface area contributed by atoms with Crippen LogP contribution in [0.1, 0.15) is 25.7 Å². The molecule has 0 aliphatic carbocycles. The van der Waals surface area contributed by atoms with Gasteiger partial charge in [0.1, 0.15) is 0 Å². The number of halogens is 1. The van der Waals surface area contributed by atoms with Crippen molar-refractivity contribution in [1.82, 2.24) is 5.32 Å². The van der Waals surface area contributed by atoms with Crippen molar-refractivity contribution in [3.8, 4) is 0 Å². The van der Waals surface area contributed by atoms with Crippen molar-refractivity contribution in [2.75, 3.05) is 12.3 Å². The lowest BCUT2D eigenvalue weighted by Crippen LogP contribution is -2.21. The predicted molar refractivity (Wildman–Crippen MR) is 53.9 cm³/mol. The Balaban J connectivity index is 0.00000144. The van der Waals surface area contributed by atoms with Crippen LogP contribution in [0.3, 0.4) is 0 Å². The van der Waals surface area contributed by atoms with E-state index >= 15 is 0 Å². The molecule has 0 radical (unpaired) electrons. The Morgan fingerprint density at radius 1 is 1.46 bits per heavy atom. The van der Waals surface area contributed by atoms with Crippen molar-refractivity contribution in [1.29, 1.82) is 0 Å². The maximum atomic E-state index is 10.3. The van der Waals surface area contributed by atoms with E-state index in [-0.39, 0.29) is 18.2 Å². The molecule has 1 rings (SSSR count).